The lowest BCUT2D eigenvalue weighted by molar-refractivity contribution is 0.414. The molecule has 2 aromatic carbocycles. The van der Waals surface area contributed by atoms with Crippen LogP contribution in [0.1, 0.15) is 0 Å². The van der Waals surface area contributed by atoms with Crippen molar-refractivity contribution < 1.29 is 17.5 Å². The van der Waals surface area contributed by atoms with Gasteiger partial charge in [-0.3, -0.25) is 0 Å². The van der Waals surface area contributed by atoms with Crippen molar-refractivity contribution in [3.63, 3.8) is 0 Å². The van der Waals surface area contributed by atoms with Crippen LogP contribution in [0.4, 0.5) is 4.39 Å². The van der Waals surface area contributed by atoms with Crippen LogP contribution in [-0.2, 0) is 16.6 Å². The Balaban J connectivity index is 2.19. The molecule has 5 nitrogen and oxygen atoms in total. The highest BCUT2D eigenvalue weighted by atomic mass is 32.2. The zero-order valence-corrected chi connectivity index (χ0v) is 14.8. The molecule has 1 heterocycles. The molecule has 0 saturated heterocycles. The molecular formula is C17H13FN2O3S2. The predicted octanol–water partition coefficient (Wildman–Crippen LogP) is 2.77. The zero-order valence-electron chi connectivity index (χ0n) is 13.1. The summed E-state index contributed by atoms with van der Waals surface area (Å²) in [6.45, 7) is 0.128. The maximum absolute atomic E-state index is 13.4. The fourth-order valence-corrected chi connectivity index (χ4v) is 4.52. The number of sulfonamides is 1. The van der Waals surface area contributed by atoms with Crippen LogP contribution in [-0.4, -0.2) is 20.1 Å². The quantitative estimate of drug-likeness (QED) is 0.658. The maximum Gasteiger partial charge on any atom is 0.285 e. The molecule has 0 unspecified atom stereocenters. The summed E-state index contributed by atoms with van der Waals surface area (Å²) >= 11 is 1.06. The van der Waals surface area contributed by atoms with Gasteiger partial charge in [-0.1, -0.05) is 17.3 Å². The van der Waals surface area contributed by atoms with Crippen molar-refractivity contribution in [1.29, 1.82) is 0 Å². The summed E-state index contributed by atoms with van der Waals surface area (Å²) in [5.74, 6) is 2.59. The van der Waals surface area contributed by atoms with E-state index in [0.717, 1.165) is 11.3 Å². The normalized spacial score (nSPS) is 12.3. The lowest BCUT2D eigenvalue weighted by atomic mass is 10.3. The Bertz CT molecular complexity index is 1140. The first-order valence-electron chi connectivity index (χ1n) is 7.12. The molecule has 0 bridgehead atoms. The highest BCUT2D eigenvalue weighted by molar-refractivity contribution is 7.90. The largest absolute Gasteiger partial charge is 0.497 e. The van der Waals surface area contributed by atoms with Crippen LogP contribution in [0, 0.1) is 18.2 Å². The average Bonchev–Trinajstić information content (AvgIpc) is 2.91. The fourth-order valence-electron chi connectivity index (χ4n) is 2.26. The van der Waals surface area contributed by atoms with E-state index in [1.54, 1.807) is 10.6 Å². The Morgan fingerprint density at radius 2 is 2.00 bits per heavy atom. The molecular weight excluding hydrogens is 363 g/mol. The number of hydrogen-bond acceptors (Lipinski definition) is 4. The molecule has 8 heteroatoms. The molecule has 0 spiro atoms. The smallest absolute Gasteiger partial charge is 0.285 e. The standard InChI is InChI=1S/C17H13FN2O3S2/c1-3-10-20-15-9-4-12(18)11-16(15)24-17(20)19-25(21,22)14-7-5-13(23-2)6-8-14/h1,4-9,11H,10H2,2H3. The summed E-state index contributed by atoms with van der Waals surface area (Å²) in [7, 11) is -2.45. The topological polar surface area (TPSA) is 60.7 Å². The van der Waals surface area contributed by atoms with E-state index in [1.807, 2.05) is 0 Å². The highest BCUT2D eigenvalue weighted by Crippen LogP contribution is 2.20. The number of benzene rings is 2. The first-order valence-corrected chi connectivity index (χ1v) is 9.37. The van der Waals surface area contributed by atoms with Gasteiger partial charge in [0.2, 0.25) is 4.80 Å². The van der Waals surface area contributed by atoms with Gasteiger partial charge < -0.3 is 9.30 Å². The molecule has 0 amide bonds. The Morgan fingerprint density at radius 1 is 1.28 bits per heavy atom. The van der Waals surface area contributed by atoms with E-state index in [-0.39, 0.29) is 16.2 Å². The van der Waals surface area contributed by atoms with Gasteiger partial charge in [0.25, 0.3) is 10.0 Å². The van der Waals surface area contributed by atoms with Gasteiger partial charge in [-0.15, -0.1) is 10.8 Å². The molecule has 1 aromatic heterocycles. The molecule has 0 fully saturated rings. The van der Waals surface area contributed by atoms with Crippen LogP contribution in [0.15, 0.2) is 51.8 Å². The second-order valence-corrected chi connectivity index (χ2v) is 7.64. The first kappa shape index (κ1) is 17.2. The third-order valence-electron chi connectivity index (χ3n) is 3.45. The summed E-state index contributed by atoms with van der Waals surface area (Å²) in [6, 6.07) is 10.1. The number of thiazole rings is 1. The molecule has 25 heavy (non-hydrogen) atoms. The number of rotatable bonds is 4. The molecule has 0 saturated carbocycles. The zero-order chi connectivity index (χ0) is 18.0. The maximum atomic E-state index is 13.4. The van der Waals surface area contributed by atoms with Gasteiger partial charge in [0.05, 0.1) is 28.8 Å². The first-order chi connectivity index (χ1) is 11.9. The number of nitrogens with zero attached hydrogens (tertiary/aromatic N) is 2. The molecule has 0 aliphatic heterocycles. The van der Waals surface area contributed by atoms with E-state index in [2.05, 4.69) is 10.3 Å². The van der Waals surface area contributed by atoms with Crippen LogP contribution in [0.2, 0.25) is 0 Å². The number of methoxy groups -OCH3 is 1. The van der Waals surface area contributed by atoms with Gasteiger partial charge in [0.1, 0.15) is 11.6 Å². The van der Waals surface area contributed by atoms with Gasteiger partial charge in [-0.2, -0.15) is 8.42 Å². The van der Waals surface area contributed by atoms with E-state index < -0.39 is 15.8 Å². The second-order valence-electron chi connectivity index (χ2n) is 5.03. The third-order valence-corrected chi connectivity index (χ3v) is 5.89. The van der Waals surface area contributed by atoms with Crippen molar-refractivity contribution in [2.45, 2.75) is 11.4 Å². The van der Waals surface area contributed by atoms with Gasteiger partial charge >= 0.3 is 0 Å². The Hall–Kier alpha value is -2.63. The summed E-state index contributed by atoms with van der Waals surface area (Å²) in [5.41, 5.74) is 0.632. The molecule has 0 aliphatic rings. The van der Waals surface area contributed by atoms with E-state index in [9.17, 15) is 12.8 Å². The average molecular weight is 376 g/mol. The minimum atomic E-state index is -3.94. The molecule has 0 atom stereocenters. The lowest BCUT2D eigenvalue weighted by Crippen LogP contribution is -2.16. The van der Waals surface area contributed by atoms with Crippen LogP contribution in [0.25, 0.3) is 10.2 Å². The van der Waals surface area contributed by atoms with Crippen LogP contribution in [0.3, 0.4) is 0 Å². The highest BCUT2D eigenvalue weighted by Gasteiger charge is 2.15. The van der Waals surface area contributed by atoms with Crippen LogP contribution >= 0.6 is 11.3 Å². The van der Waals surface area contributed by atoms with Crippen molar-refractivity contribution in [3.8, 4) is 18.1 Å². The summed E-state index contributed by atoms with van der Waals surface area (Å²) in [4.78, 5) is 0.221. The number of halogens is 1. The molecule has 128 valence electrons. The lowest BCUT2D eigenvalue weighted by Gasteiger charge is -2.02. The molecule has 3 aromatic rings. The number of fused-ring (bicyclic) bond motifs is 1. The predicted molar refractivity (Wildman–Crippen MR) is 94.3 cm³/mol. The Kier molecular flexibility index (Phi) is 4.61. The number of terminal acetylenes is 1. The Morgan fingerprint density at radius 3 is 2.64 bits per heavy atom. The Labute approximate surface area is 148 Å². The minimum absolute atomic E-state index is 0.0317. The molecule has 0 N–H and O–H groups in total. The third kappa shape index (κ3) is 3.43. The second kappa shape index (κ2) is 6.70. The van der Waals surface area contributed by atoms with Crippen molar-refractivity contribution in [2.75, 3.05) is 7.11 Å². The molecule has 0 aliphatic carbocycles. The van der Waals surface area contributed by atoms with Crippen molar-refractivity contribution in [2.24, 2.45) is 4.40 Å². The van der Waals surface area contributed by atoms with Crippen molar-refractivity contribution in [3.05, 3.63) is 53.1 Å². The number of ether oxygens (including phenoxy) is 1. The van der Waals surface area contributed by atoms with Gasteiger partial charge in [0.15, 0.2) is 0 Å². The van der Waals surface area contributed by atoms with Gasteiger partial charge in [-0.05, 0) is 42.5 Å². The van der Waals surface area contributed by atoms with Gasteiger partial charge in [0, 0.05) is 0 Å². The summed E-state index contributed by atoms with van der Waals surface area (Å²) in [5, 5.41) is 0. The van der Waals surface area contributed by atoms with Crippen LogP contribution < -0.4 is 9.54 Å². The van der Waals surface area contributed by atoms with Gasteiger partial charge in [-0.25, -0.2) is 4.39 Å². The van der Waals surface area contributed by atoms with Crippen molar-refractivity contribution in [1.82, 2.24) is 4.57 Å². The summed E-state index contributed by atoms with van der Waals surface area (Å²) in [6.07, 6.45) is 5.37. The van der Waals surface area contributed by atoms with E-state index >= 15 is 0 Å². The molecule has 3 rings (SSSR count). The fraction of sp³-hybridized carbons (Fsp3) is 0.118. The van der Waals surface area contributed by atoms with Crippen LogP contribution in [0.5, 0.6) is 5.75 Å². The SMILES string of the molecule is C#CCn1c(=NS(=O)(=O)c2ccc(OC)cc2)sc2cc(F)ccc21. The van der Waals surface area contributed by atoms with Crippen molar-refractivity contribution >= 4 is 31.6 Å². The minimum Gasteiger partial charge on any atom is -0.497 e. The summed E-state index contributed by atoms with van der Waals surface area (Å²) < 4.78 is 49.6. The van der Waals surface area contributed by atoms with E-state index in [1.165, 1.54) is 43.5 Å². The van der Waals surface area contributed by atoms with E-state index in [0.29, 0.717) is 16.0 Å². The van der Waals surface area contributed by atoms with E-state index in [4.69, 9.17) is 11.2 Å². The molecule has 0 radical (unpaired) electrons. The number of aromatic nitrogens is 1. The number of hydrogen-bond donors (Lipinski definition) is 0. The monoisotopic (exact) mass is 376 g/mol.